The molecule has 0 radical (unpaired) electrons. The lowest BCUT2D eigenvalue weighted by molar-refractivity contribution is -0.122. The molecule has 1 fully saturated rings. The van der Waals surface area contributed by atoms with E-state index < -0.39 is 0 Å². The fourth-order valence-electron chi connectivity index (χ4n) is 2.34. The van der Waals surface area contributed by atoms with Crippen LogP contribution in [0.5, 0.6) is 0 Å². The highest BCUT2D eigenvalue weighted by Crippen LogP contribution is 2.26. The summed E-state index contributed by atoms with van der Waals surface area (Å²) in [4.78, 5) is 11.2. The third-order valence-corrected chi connectivity index (χ3v) is 3.27. The normalized spacial score (nSPS) is 25.3. The van der Waals surface area contributed by atoms with Crippen molar-refractivity contribution >= 4 is 5.91 Å². The molecule has 0 spiro atoms. The molecule has 1 aromatic rings. The van der Waals surface area contributed by atoms with Gasteiger partial charge in [-0.25, -0.2) is 0 Å². The number of carbonyl (C=O) groups excluding carboxylic acids is 1. The molecule has 86 valence electrons. The van der Waals surface area contributed by atoms with Gasteiger partial charge in [-0.05, 0) is 24.8 Å². The van der Waals surface area contributed by atoms with E-state index in [1.807, 2.05) is 0 Å². The monoisotopic (exact) mass is 218 g/mol. The van der Waals surface area contributed by atoms with Crippen LogP contribution in [0.3, 0.4) is 0 Å². The summed E-state index contributed by atoms with van der Waals surface area (Å²) in [5, 5.41) is 3.28. The molecule has 1 amide bonds. The number of primary amides is 1. The number of rotatable bonds is 2. The van der Waals surface area contributed by atoms with Gasteiger partial charge in [0.25, 0.3) is 0 Å². The molecule has 1 heterocycles. The van der Waals surface area contributed by atoms with E-state index in [1.54, 1.807) is 0 Å². The molecular weight excluding hydrogens is 200 g/mol. The number of nitrogens with two attached hydrogens (primary N) is 1. The molecule has 3 nitrogen and oxygen atoms in total. The number of benzene rings is 1. The number of piperidine rings is 1. The van der Waals surface area contributed by atoms with Crippen LogP contribution in [-0.2, 0) is 4.79 Å². The van der Waals surface area contributed by atoms with Crippen molar-refractivity contribution in [1.29, 1.82) is 0 Å². The van der Waals surface area contributed by atoms with Gasteiger partial charge in [-0.1, -0.05) is 29.8 Å². The van der Waals surface area contributed by atoms with Crippen molar-refractivity contribution in [2.24, 2.45) is 11.7 Å². The molecule has 1 aliphatic heterocycles. The van der Waals surface area contributed by atoms with E-state index in [0.29, 0.717) is 5.92 Å². The van der Waals surface area contributed by atoms with Crippen LogP contribution in [-0.4, -0.2) is 19.0 Å². The number of amides is 1. The van der Waals surface area contributed by atoms with Crippen molar-refractivity contribution < 1.29 is 4.79 Å². The van der Waals surface area contributed by atoms with Crippen LogP contribution in [0.25, 0.3) is 0 Å². The van der Waals surface area contributed by atoms with Crippen LogP contribution < -0.4 is 11.1 Å². The van der Waals surface area contributed by atoms with Gasteiger partial charge in [0.1, 0.15) is 0 Å². The summed E-state index contributed by atoms with van der Waals surface area (Å²) in [6.45, 7) is 3.75. The van der Waals surface area contributed by atoms with E-state index >= 15 is 0 Å². The third-order valence-electron chi connectivity index (χ3n) is 3.27. The van der Waals surface area contributed by atoms with E-state index in [1.165, 1.54) is 11.1 Å². The highest BCUT2D eigenvalue weighted by atomic mass is 16.1. The Balaban J connectivity index is 2.12. The van der Waals surface area contributed by atoms with Gasteiger partial charge in [0.2, 0.25) is 5.91 Å². The van der Waals surface area contributed by atoms with E-state index in [2.05, 4.69) is 36.5 Å². The van der Waals surface area contributed by atoms with E-state index in [-0.39, 0.29) is 11.8 Å². The molecule has 1 aliphatic rings. The average Bonchev–Trinajstić information content (AvgIpc) is 2.29. The van der Waals surface area contributed by atoms with Crippen molar-refractivity contribution in [2.75, 3.05) is 13.1 Å². The van der Waals surface area contributed by atoms with Crippen molar-refractivity contribution in [3.8, 4) is 0 Å². The Morgan fingerprint density at radius 1 is 1.44 bits per heavy atom. The third kappa shape index (κ3) is 2.42. The molecule has 1 aromatic carbocycles. The standard InChI is InChI=1S/C13H18N2O/c1-9-3-2-4-10(5-9)11-6-12(13(14)16)8-15-7-11/h2-5,11-12,15H,6-8H2,1H3,(H2,14,16)/t11-,12+/m1/s1. The first kappa shape index (κ1) is 11.1. The second-order valence-electron chi connectivity index (χ2n) is 4.60. The molecule has 3 N–H and O–H groups in total. The number of hydrogen-bond acceptors (Lipinski definition) is 2. The second-order valence-corrected chi connectivity index (χ2v) is 4.60. The SMILES string of the molecule is Cc1cccc([C@H]2CNC[C@@H](C(N)=O)C2)c1. The first-order valence-corrected chi connectivity index (χ1v) is 5.73. The number of aryl methyl sites for hydroxylation is 1. The Morgan fingerprint density at radius 2 is 2.25 bits per heavy atom. The molecule has 1 saturated heterocycles. The summed E-state index contributed by atoms with van der Waals surface area (Å²) in [7, 11) is 0. The minimum absolute atomic E-state index is 0.0285. The van der Waals surface area contributed by atoms with Crippen LogP contribution in [0.2, 0.25) is 0 Å². The summed E-state index contributed by atoms with van der Waals surface area (Å²) < 4.78 is 0. The zero-order valence-corrected chi connectivity index (χ0v) is 9.57. The van der Waals surface area contributed by atoms with Gasteiger partial charge in [0, 0.05) is 13.1 Å². The number of nitrogens with one attached hydrogen (secondary N) is 1. The summed E-state index contributed by atoms with van der Waals surface area (Å²) >= 11 is 0. The molecule has 0 aliphatic carbocycles. The van der Waals surface area contributed by atoms with Crippen LogP contribution in [0.4, 0.5) is 0 Å². The van der Waals surface area contributed by atoms with Crippen molar-refractivity contribution in [3.63, 3.8) is 0 Å². The first-order chi connectivity index (χ1) is 7.66. The first-order valence-electron chi connectivity index (χ1n) is 5.73. The smallest absolute Gasteiger partial charge is 0.221 e. The maximum atomic E-state index is 11.2. The van der Waals surface area contributed by atoms with Gasteiger partial charge in [0.15, 0.2) is 0 Å². The van der Waals surface area contributed by atoms with Gasteiger partial charge in [-0.15, -0.1) is 0 Å². The minimum Gasteiger partial charge on any atom is -0.369 e. The molecule has 2 atom stereocenters. The average molecular weight is 218 g/mol. The Kier molecular flexibility index (Phi) is 3.25. The zero-order valence-electron chi connectivity index (χ0n) is 9.57. The molecule has 2 rings (SSSR count). The van der Waals surface area contributed by atoms with Gasteiger partial charge < -0.3 is 11.1 Å². The molecule has 0 unspecified atom stereocenters. The lowest BCUT2D eigenvalue weighted by Gasteiger charge is -2.28. The van der Waals surface area contributed by atoms with Crippen molar-refractivity contribution in [1.82, 2.24) is 5.32 Å². The number of carbonyl (C=O) groups is 1. The fraction of sp³-hybridized carbons (Fsp3) is 0.462. The maximum Gasteiger partial charge on any atom is 0.221 e. The summed E-state index contributed by atoms with van der Waals surface area (Å²) in [6, 6.07) is 8.47. The van der Waals surface area contributed by atoms with E-state index in [4.69, 9.17) is 5.73 Å². The highest BCUT2D eigenvalue weighted by Gasteiger charge is 2.26. The van der Waals surface area contributed by atoms with Gasteiger partial charge in [-0.2, -0.15) is 0 Å². The molecular formula is C13H18N2O. The van der Waals surface area contributed by atoms with Gasteiger partial charge >= 0.3 is 0 Å². The summed E-state index contributed by atoms with van der Waals surface area (Å²) in [5.41, 5.74) is 7.93. The lowest BCUT2D eigenvalue weighted by Crippen LogP contribution is -2.41. The van der Waals surface area contributed by atoms with Gasteiger partial charge in [0.05, 0.1) is 5.92 Å². The molecule has 3 heteroatoms. The fourth-order valence-corrected chi connectivity index (χ4v) is 2.34. The van der Waals surface area contributed by atoms with Gasteiger partial charge in [-0.3, -0.25) is 4.79 Å². The Morgan fingerprint density at radius 3 is 2.94 bits per heavy atom. The Labute approximate surface area is 96.0 Å². The van der Waals surface area contributed by atoms with Crippen LogP contribution >= 0.6 is 0 Å². The molecule has 0 aromatic heterocycles. The molecule has 0 saturated carbocycles. The lowest BCUT2D eigenvalue weighted by atomic mass is 9.85. The maximum absolute atomic E-state index is 11.2. The molecule has 0 bridgehead atoms. The van der Waals surface area contributed by atoms with Crippen LogP contribution in [0.15, 0.2) is 24.3 Å². The van der Waals surface area contributed by atoms with Crippen molar-refractivity contribution in [2.45, 2.75) is 19.3 Å². The summed E-state index contributed by atoms with van der Waals surface area (Å²) in [6.07, 6.45) is 0.867. The van der Waals surface area contributed by atoms with Crippen LogP contribution in [0.1, 0.15) is 23.5 Å². The second kappa shape index (κ2) is 4.66. The van der Waals surface area contributed by atoms with E-state index in [0.717, 1.165) is 19.5 Å². The van der Waals surface area contributed by atoms with Crippen LogP contribution in [0, 0.1) is 12.8 Å². The zero-order chi connectivity index (χ0) is 11.5. The highest BCUT2D eigenvalue weighted by molar-refractivity contribution is 5.77. The van der Waals surface area contributed by atoms with E-state index in [9.17, 15) is 4.79 Å². The number of hydrogen-bond donors (Lipinski definition) is 2. The summed E-state index contributed by atoms with van der Waals surface area (Å²) in [5.74, 6) is 0.190. The molecule has 16 heavy (non-hydrogen) atoms. The van der Waals surface area contributed by atoms with Crippen molar-refractivity contribution in [3.05, 3.63) is 35.4 Å². The predicted molar refractivity (Wildman–Crippen MR) is 64.1 cm³/mol. The minimum atomic E-state index is -0.190. The Hall–Kier alpha value is -1.35. The predicted octanol–water partition coefficient (Wildman–Crippen LogP) is 1.17. The largest absolute Gasteiger partial charge is 0.369 e. The quantitative estimate of drug-likeness (QED) is 0.783. The Bertz CT molecular complexity index is 389. The topological polar surface area (TPSA) is 55.1 Å².